The van der Waals surface area contributed by atoms with E-state index in [1.54, 1.807) is 6.07 Å². The van der Waals surface area contributed by atoms with Crippen molar-refractivity contribution in [3.05, 3.63) is 42.1 Å². The quantitative estimate of drug-likeness (QED) is 0.649. The highest BCUT2D eigenvalue weighted by Crippen LogP contribution is 2.17. The van der Waals surface area contributed by atoms with Gasteiger partial charge in [-0.05, 0) is 12.5 Å². The predicted molar refractivity (Wildman–Crippen MR) is 69.2 cm³/mol. The molecule has 0 amide bonds. The number of carbonyl (C=O) groups is 1. The lowest BCUT2D eigenvalue weighted by Gasteiger charge is -2.00. The van der Waals surface area contributed by atoms with Gasteiger partial charge < -0.3 is 4.74 Å². The van der Waals surface area contributed by atoms with E-state index in [0.717, 1.165) is 24.1 Å². The van der Waals surface area contributed by atoms with E-state index in [1.165, 1.54) is 0 Å². The fraction of sp³-hybridized carbons (Fsp3) is 0.286. The zero-order valence-corrected chi connectivity index (χ0v) is 10.3. The number of hydrogen-bond acceptors (Lipinski definition) is 3. The second-order valence-corrected chi connectivity index (χ2v) is 4.02. The summed E-state index contributed by atoms with van der Waals surface area (Å²) in [5.41, 5.74) is 2.12. The number of ether oxygens (including phenoxy) is 1. The molecule has 0 saturated carbocycles. The normalized spacial score (nSPS) is 10.3. The summed E-state index contributed by atoms with van der Waals surface area (Å²) in [5.74, 6) is -0.349. The molecule has 2 rings (SSSR count). The van der Waals surface area contributed by atoms with Crippen LogP contribution in [0.25, 0.3) is 11.3 Å². The van der Waals surface area contributed by atoms with Crippen LogP contribution in [0.5, 0.6) is 0 Å². The summed E-state index contributed by atoms with van der Waals surface area (Å²) in [7, 11) is 0. The van der Waals surface area contributed by atoms with Crippen molar-refractivity contribution in [3.63, 3.8) is 0 Å². The summed E-state index contributed by atoms with van der Waals surface area (Å²) in [6.07, 6.45) is 1.89. The minimum absolute atomic E-state index is 0.349. The Morgan fingerprint density at radius 1 is 1.33 bits per heavy atom. The van der Waals surface area contributed by atoms with Crippen LogP contribution in [0.3, 0.4) is 0 Å². The minimum atomic E-state index is -0.349. The van der Waals surface area contributed by atoms with E-state index in [-0.39, 0.29) is 5.97 Å². The number of carbonyl (C=O) groups excluding carboxylic acids is 1. The Morgan fingerprint density at radius 3 is 2.83 bits per heavy atom. The molecule has 1 aromatic heterocycles. The Labute approximate surface area is 106 Å². The van der Waals surface area contributed by atoms with E-state index in [9.17, 15) is 4.79 Å². The summed E-state index contributed by atoms with van der Waals surface area (Å²) in [5, 5.41) is 6.82. The van der Waals surface area contributed by atoms with Crippen molar-refractivity contribution in [1.82, 2.24) is 10.2 Å². The average Bonchev–Trinajstić information content (AvgIpc) is 2.89. The molecule has 0 fully saturated rings. The minimum Gasteiger partial charge on any atom is -0.461 e. The van der Waals surface area contributed by atoms with E-state index >= 15 is 0 Å². The van der Waals surface area contributed by atoms with Crippen molar-refractivity contribution in [2.75, 3.05) is 6.61 Å². The van der Waals surface area contributed by atoms with Crippen LogP contribution in [0.15, 0.2) is 36.4 Å². The number of rotatable bonds is 5. The first kappa shape index (κ1) is 12.4. The molecule has 4 nitrogen and oxygen atoms in total. The summed E-state index contributed by atoms with van der Waals surface area (Å²) in [4.78, 5) is 11.7. The zero-order chi connectivity index (χ0) is 12.8. The van der Waals surface area contributed by atoms with Gasteiger partial charge in [0.1, 0.15) is 5.69 Å². The van der Waals surface area contributed by atoms with Crippen LogP contribution in [-0.4, -0.2) is 22.8 Å². The Kier molecular flexibility index (Phi) is 4.12. The molecular formula is C14H16N2O2. The number of unbranched alkanes of at least 4 members (excludes halogenated alkanes) is 1. The number of benzene rings is 1. The van der Waals surface area contributed by atoms with Gasteiger partial charge in [-0.15, -0.1) is 0 Å². The Morgan fingerprint density at radius 2 is 2.11 bits per heavy atom. The lowest BCUT2D eigenvalue weighted by atomic mass is 10.1. The first-order valence-electron chi connectivity index (χ1n) is 6.09. The number of nitrogens with one attached hydrogen (secondary N) is 1. The van der Waals surface area contributed by atoms with Gasteiger partial charge in [0.25, 0.3) is 0 Å². The molecule has 0 unspecified atom stereocenters. The number of nitrogens with zero attached hydrogens (tertiary/aromatic N) is 1. The topological polar surface area (TPSA) is 55.0 Å². The molecule has 0 bridgehead atoms. The Hall–Kier alpha value is -2.10. The van der Waals surface area contributed by atoms with Crippen LogP contribution in [0.1, 0.15) is 30.3 Å². The van der Waals surface area contributed by atoms with E-state index in [2.05, 4.69) is 17.1 Å². The Balaban J connectivity index is 2.04. The van der Waals surface area contributed by atoms with E-state index in [1.807, 2.05) is 30.3 Å². The second-order valence-electron chi connectivity index (χ2n) is 4.02. The van der Waals surface area contributed by atoms with Gasteiger partial charge in [-0.3, -0.25) is 5.10 Å². The summed E-state index contributed by atoms with van der Waals surface area (Å²) >= 11 is 0. The average molecular weight is 244 g/mol. The molecule has 1 heterocycles. The van der Waals surface area contributed by atoms with Crippen molar-refractivity contribution in [2.45, 2.75) is 19.8 Å². The SMILES string of the molecule is CCCCOC(=O)c1cc(-c2ccccc2)n[nH]1. The van der Waals surface area contributed by atoms with Gasteiger partial charge in [-0.1, -0.05) is 43.7 Å². The first-order chi connectivity index (χ1) is 8.81. The second kappa shape index (κ2) is 6.00. The molecule has 0 aliphatic rings. The van der Waals surface area contributed by atoms with Gasteiger partial charge in [0.2, 0.25) is 0 Å². The third-order valence-corrected chi connectivity index (χ3v) is 2.60. The van der Waals surface area contributed by atoms with Crippen molar-refractivity contribution < 1.29 is 9.53 Å². The summed E-state index contributed by atoms with van der Waals surface area (Å²) < 4.78 is 5.11. The predicted octanol–water partition coefficient (Wildman–Crippen LogP) is 3.03. The Bertz CT molecular complexity index is 506. The lowest BCUT2D eigenvalue weighted by Crippen LogP contribution is -2.06. The summed E-state index contributed by atoms with van der Waals surface area (Å²) in [6, 6.07) is 11.4. The maximum atomic E-state index is 11.7. The maximum absolute atomic E-state index is 11.7. The van der Waals surface area contributed by atoms with E-state index < -0.39 is 0 Å². The number of aromatic amines is 1. The van der Waals surface area contributed by atoms with Crippen LogP contribution in [0, 0.1) is 0 Å². The molecule has 0 aliphatic heterocycles. The monoisotopic (exact) mass is 244 g/mol. The van der Waals surface area contributed by atoms with Gasteiger partial charge >= 0.3 is 5.97 Å². The van der Waals surface area contributed by atoms with Crippen molar-refractivity contribution in [1.29, 1.82) is 0 Å². The molecule has 2 aromatic rings. The fourth-order valence-corrected chi connectivity index (χ4v) is 1.57. The van der Waals surface area contributed by atoms with Gasteiger partial charge in [0.05, 0.1) is 12.3 Å². The van der Waals surface area contributed by atoms with Crippen LogP contribution in [0.4, 0.5) is 0 Å². The lowest BCUT2D eigenvalue weighted by molar-refractivity contribution is 0.0493. The van der Waals surface area contributed by atoms with Gasteiger partial charge in [-0.2, -0.15) is 5.10 Å². The fourth-order valence-electron chi connectivity index (χ4n) is 1.57. The third kappa shape index (κ3) is 2.97. The maximum Gasteiger partial charge on any atom is 0.356 e. The van der Waals surface area contributed by atoms with Gasteiger partial charge in [-0.25, -0.2) is 4.79 Å². The highest BCUT2D eigenvalue weighted by molar-refractivity contribution is 5.88. The molecule has 4 heteroatoms. The molecule has 0 aliphatic carbocycles. The van der Waals surface area contributed by atoms with Gasteiger partial charge in [0.15, 0.2) is 0 Å². The molecule has 18 heavy (non-hydrogen) atoms. The molecule has 94 valence electrons. The standard InChI is InChI=1S/C14H16N2O2/c1-2-3-9-18-14(17)13-10-12(15-16-13)11-7-5-4-6-8-11/h4-8,10H,2-3,9H2,1H3,(H,15,16). The number of hydrogen-bond donors (Lipinski definition) is 1. The molecular weight excluding hydrogens is 228 g/mol. The highest BCUT2D eigenvalue weighted by Gasteiger charge is 2.11. The molecule has 1 N–H and O–H groups in total. The van der Waals surface area contributed by atoms with Crippen molar-refractivity contribution >= 4 is 5.97 Å². The van der Waals surface area contributed by atoms with Crippen LogP contribution in [0.2, 0.25) is 0 Å². The highest BCUT2D eigenvalue weighted by atomic mass is 16.5. The first-order valence-corrected chi connectivity index (χ1v) is 6.09. The zero-order valence-electron chi connectivity index (χ0n) is 10.3. The largest absolute Gasteiger partial charge is 0.461 e. The smallest absolute Gasteiger partial charge is 0.356 e. The van der Waals surface area contributed by atoms with Crippen LogP contribution >= 0.6 is 0 Å². The third-order valence-electron chi connectivity index (χ3n) is 2.60. The molecule has 1 aromatic carbocycles. The molecule has 0 spiro atoms. The number of aromatic nitrogens is 2. The van der Waals surface area contributed by atoms with E-state index in [4.69, 9.17) is 4.74 Å². The number of esters is 1. The molecule has 0 radical (unpaired) electrons. The van der Waals surface area contributed by atoms with Crippen molar-refractivity contribution in [2.24, 2.45) is 0 Å². The molecule has 0 saturated heterocycles. The van der Waals surface area contributed by atoms with Crippen molar-refractivity contribution in [3.8, 4) is 11.3 Å². The summed E-state index contributed by atoms with van der Waals surface area (Å²) in [6.45, 7) is 2.51. The van der Waals surface area contributed by atoms with Gasteiger partial charge in [0, 0.05) is 5.56 Å². The molecule has 0 atom stereocenters. The van der Waals surface area contributed by atoms with E-state index in [0.29, 0.717) is 12.3 Å². The van der Waals surface area contributed by atoms with Crippen LogP contribution < -0.4 is 0 Å². The number of H-pyrrole nitrogens is 1. The van der Waals surface area contributed by atoms with Crippen LogP contribution in [-0.2, 0) is 4.74 Å².